The molecular weight excluding hydrogens is 428 g/mol. The van der Waals surface area contributed by atoms with Crippen molar-refractivity contribution in [1.29, 1.82) is 0 Å². The fourth-order valence-electron chi connectivity index (χ4n) is 3.72. The molecule has 10 heteroatoms. The van der Waals surface area contributed by atoms with E-state index in [1.165, 1.54) is 9.47 Å². The SMILES string of the molecule is CCCCn1c(N)c(N(CCC)C(=O)Cn2c(CSC)nc3ccccc32)c(=O)[nH]c1=O. The van der Waals surface area contributed by atoms with E-state index in [-0.39, 0.29) is 24.0 Å². The highest BCUT2D eigenvalue weighted by Gasteiger charge is 2.25. The van der Waals surface area contributed by atoms with Gasteiger partial charge in [-0.2, -0.15) is 11.8 Å². The van der Waals surface area contributed by atoms with E-state index in [1.807, 2.05) is 48.9 Å². The number of para-hydroxylation sites is 2. The number of unbranched alkanes of at least 4 members (excludes halogenated alkanes) is 1. The third-order valence-electron chi connectivity index (χ3n) is 5.27. The molecule has 0 aliphatic carbocycles. The van der Waals surface area contributed by atoms with Crippen molar-refractivity contribution >= 4 is 40.2 Å². The molecule has 0 aliphatic rings. The quantitative estimate of drug-likeness (QED) is 0.482. The molecule has 0 unspecified atom stereocenters. The standard InChI is InChI=1S/C22H30N6O3S/c1-4-6-12-27-20(23)19(21(30)25-22(27)31)26(11-5-2)18(29)13-28-16-10-8-7-9-15(16)24-17(28)14-32-3/h7-10H,4-6,11-14,23H2,1-3H3,(H,25,30,31). The molecule has 2 heterocycles. The van der Waals surface area contributed by atoms with Gasteiger partial charge in [-0.25, -0.2) is 9.78 Å². The molecule has 0 fully saturated rings. The van der Waals surface area contributed by atoms with Crippen LogP contribution in [0.1, 0.15) is 38.9 Å². The first kappa shape index (κ1) is 23.6. The molecule has 1 aromatic carbocycles. The first-order valence-corrected chi connectivity index (χ1v) is 12.2. The lowest BCUT2D eigenvalue weighted by atomic mass is 10.3. The van der Waals surface area contributed by atoms with Crippen molar-refractivity contribution in [2.75, 3.05) is 23.4 Å². The number of carbonyl (C=O) groups is 1. The number of H-pyrrole nitrogens is 1. The van der Waals surface area contributed by atoms with Crippen LogP contribution in [-0.2, 0) is 23.6 Å². The average Bonchev–Trinajstić information content (AvgIpc) is 3.10. The van der Waals surface area contributed by atoms with Crippen LogP contribution in [-0.4, -0.2) is 37.8 Å². The van der Waals surface area contributed by atoms with Gasteiger partial charge in [-0.05, 0) is 31.2 Å². The second-order valence-electron chi connectivity index (χ2n) is 7.58. The van der Waals surface area contributed by atoms with Gasteiger partial charge in [-0.3, -0.25) is 19.1 Å². The Labute approximate surface area is 190 Å². The zero-order chi connectivity index (χ0) is 23.3. The van der Waals surface area contributed by atoms with Gasteiger partial charge in [0.05, 0.1) is 16.8 Å². The van der Waals surface area contributed by atoms with Crippen molar-refractivity contribution in [1.82, 2.24) is 19.1 Å². The number of aromatic amines is 1. The molecule has 32 heavy (non-hydrogen) atoms. The number of imidazole rings is 1. The van der Waals surface area contributed by atoms with Crippen LogP contribution in [0.4, 0.5) is 11.5 Å². The van der Waals surface area contributed by atoms with Crippen LogP contribution < -0.4 is 21.9 Å². The van der Waals surface area contributed by atoms with Crippen LogP contribution in [0, 0.1) is 0 Å². The minimum Gasteiger partial charge on any atom is -0.383 e. The summed E-state index contributed by atoms with van der Waals surface area (Å²) >= 11 is 1.62. The van der Waals surface area contributed by atoms with Crippen molar-refractivity contribution in [2.45, 2.75) is 52.0 Å². The Morgan fingerprint density at radius 1 is 1.19 bits per heavy atom. The number of nitrogens with two attached hydrogens (primary N) is 1. The normalized spacial score (nSPS) is 11.2. The van der Waals surface area contributed by atoms with E-state index < -0.39 is 11.2 Å². The predicted octanol–water partition coefficient (Wildman–Crippen LogP) is 2.57. The van der Waals surface area contributed by atoms with E-state index >= 15 is 0 Å². The summed E-state index contributed by atoms with van der Waals surface area (Å²) in [5, 5.41) is 0. The number of rotatable bonds is 10. The molecule has 0 radical (unpaired) electrons. The molecule has 0 atom stereocenters. The maximum atomic E-state index is 13.5. The Kier molecular flexibility index (Phi) is 7.79. The molecule has 3 aromatic rings. The predicted molar refractivity (Wildman–Crippen MR) is 130 cm³/mol. The summed E-state index contributed by atoms with van der Waals surface area (Å²) in [6, 6.07) is 7.66. The number of nitrogens with zero attached hydrogens (tertiary/aromatic N) is 4. The van der Waals surface area contributed by atoms with Crippen LogP contribution in [0.25, 0.3) is 11.0 Å². The first-order chi connectivity index (χ1) is 15.4. The van der Waals surface area contributed by atoms with Gasteiger partial charge < -0.3 is 15.2 Å². The van der Waals surface area contributed by atoms with E-state index in [0.717, 1.165) is 29.7 Å². The van der Waals surface area contributed by atoms with Crippen molar-refractivity contribution < 1.29 is 4.79 Å². The lowest BCUT2D eigenvalue weighted by Gasteiger charge is -2.24. The van der Waals surface area contributed by atoms with Crippen LogP contribution >= 0.6 is 11.8 Å². The number of hydrogen-bond acceptors (Lipinski definition) is 6. The Bertz CT molecular complexity index is 1210. The molecule has 9 nitrogen and oxygen atoms in total. The third kappa shape index (κ3) is 4.74. The fraction of sp³-hybridized carbons (Fsp3) is 0.455. The maximum Gasteiger partial charge on any atom is 0.330 e. The van der Waals surface area contributed by atoms with Crippen molar-refractivity contribution in [2.24, 2.45) is 0 Å². The second-order valence-corrected chi connectivity index (χ2v) is 8.45. The highest BCUT2D eigenvalue weighted by molar-refractivity contribution is 7.97. The average molecular weight is 459 g/mol. The lowest BCUT2D eigenvalue weighted by Crippen LogP contribution is -2.42. The zero-order valence-electron chi connectivity index (χ0n) is 18.8. The molecule has 0 spiro atoms. The van der Waals surface area contributed by atoms with Crippen LogP contribution in [0.3, 0.4) is 0 Å². The lowest BCUT2D eigenvalue weighted by molar-refractivity contribution is -0.119. The Hall–Kier alpha value is -3.01. The van der Waals surface area contributed by atoms with Crippen LogP contribution in [0.5, 0.6) is 0 Å². The third-order valence-corrected chi connectivity index (χ3v) is 5.81. The van der Waals surface area contributed by atoms with Gasteiger partial charge in [-0.15, -0.1) is 0 Å². The summed E-state index contributed by atoms with van der Waals surface area (Å²) in [6.07, 6.45) is 4.20. The van der Waals surface area contributed by atoms with Gasteiger partial charge in [0.1, 0.15) is 18.2 Å². The molecule has 3 rings (SSSR count). The number of thioether (sulfide) groups is 1. The Balaban J connectivity index is 2.05. The summed E-state index contributed by atoms with van der Waals surface area (Å²) in [6.45, 7) is 4.63. The number of carbonyl (C=O) groups excluding carboxylic acids is 1. The monoisotopic (exact) mass is 458 g/mol. The summed E-state index contributed by atoms with van der Waals surface area (Å²) in [5.41, 5.74) is 6.76. The van der Waals surface area contributed by atoms with E-state index in [4.69, 9.17) is 5.73 Å². The molecule has 0 bridgehead atoms. The van der Waals surface area contributed by atoms with Gasteiger partial charge >= 0.3 is 5.69 Å². The van der Waals surface area contributed by atoms with Crippen molar-refractivity contribution in [3.05, 3.63) is 50.9 Å². The second kappa shape index (κ2) is 10.5. The van der Waals surface area contributed by atoms with Gasteiger partial charge in [0.2, 0.25) is 5.91 Å². The number of aromatic nitrogens is 4. The minimum absolute atomic E-state index is 0.0172. The number of hydrogen-bond donors (Lipinski definition) is 2. The molecule has 172 valence electrons. The fourth-order valence-corrected chi connectivity index (χ4v) is 4.20. The first-order valence-electron chi connectivity index (χ1n) is 10.8. The molecule has 0 saturated heterocycles. The zero-order valence-corrected chi connectivity index (χ0v) is 19.6. The summed E-state index contributed by atoms with van der Waals surface area (Å²) in [4.78, 5) is 46.9. The molecule has 0 aliphatic heterocycles. The van der Waals surface area contributed by atoms with Gasteiger partial charge in [-0.1, -0.05) is 32.4 Å². The van der Waals surface area contributed by atoms with E-state index in [2.05, 4.69) is 9.97 Å². The number of benzene rings is 1. The number of nitrogen functional groups attached to an aromatic ring is 1. The van der Waals surface area contributed by atoms with E-state index in [0.29, 0.717) is 25.3 Å². The largest absolute Gasteiger partial charge is 0.383 e. The van der Waals surface area contributed by atoms with Crippen molar-refractivity contribution in [3.8, 4) is 0 Å². The van der Waals surface area contributed by atoms with Crippen LogP contribution in [0.2, 0.25) is 0 Å². The minimum atomic E-state index is -0.651. The van der Waals surface area contributed by atoms with E-state index in [1.54, 1.807) is 11.8 Å². The number of fused-ring (bicyclic) bond motifs is 1. The molecule has 0 saturated carbocycles. The van der Waals surface area contributed by atoms with E-state index in [9.17, 15) is 14.4 Å². The maximum absolute atomic E-state index is 13.5. The van der Waals surface area contributed by atoms with Crippen molar-refractivity contribution in [3.63, 3.8) is 0 Å². The summed E-state index contributed by atoms with van der Waals surface area (Å²) < 4.78 is 3.22. The number of anilines is 2. The highest BCUT2D eigenvalue weighted by atomic mass is 32.2. The Morgan fingerprint density at radius 2 is 1.94 bits per heavy atom. The Morgan fingerprint density at radius 3 is 2.62 bits per heavy atom. The van der Waals surface area contributed by atoms with Gasteiger partial charge in [0.15, 0.2) is 5.69 Å². The smallest absolute Gasteiger partial charge is 0.330 e. The number of amides is 1. The molecular formula is C22H30N6O3S. The summed E-state index contributed by atoms with van der Waals surface area (Å²) in [7, 11) is 0. The molecule has 2 aromatic heterocycles. The van der Waals surface area contributed by atoms with Gasteiger partial charge in [0, 0.05) is 13.1 Å². The molecule has 1 amide bonds. The topological polar surface area (TPSA) is 119 Å². The number of nitrogens with one attached hydrogen (secondary N) is 1. The highest BCUT2D eigenvalue weighted by Crippen LogP contribution is 2.22. The van der Waals surface area contributed by atoms with Crippen LogP contribution in [0.15, 0.2) is 33.9 Å². The van der Waals surface area contributed by atoms with Gasteiger partial charge in [0.25, 0.3) is 5.56 Å². The molecule has 3 N–H and O–H groups in total. The summed E-state index contributed by atoms with van der Waals surface area (Å²) in [5.74, 6) is 1.18.